The molecular weight excluding hydrogens is 350 g/mol. The number of aryl methyl sites for hydroxylation is 1. The first-order chi connectivity index (χ1) is 13.7. The van der Waals surface area contributed by atoms with Gasteiger partial charge >= 0.3 is 0 Å². The second-order valence-electron chi connectivity index (χ2n) is 6.99. The summed E-state index contributed by atoms with van der Waals surface area (Å²) in [5, 5.41) is 9.59. The van der Waals surface area contributed by atoms with Crippen LogP contribution in [0.15, 0.2) is 71.4 Å². The molecule has 5 heteroatoms. The van der Waals surface area contributed by atoms with Gasteiger partial charge in [-0.2, -0.15) is 0 Å². The smallest absolute Gasteiger partial charge is 0.215 e. The Hall–Kier alpha value is -3.44. The van der Waals surface area contributed by atoms with Crippen molar-refractivity contribution in [2.75, 3.05) is 0 Å². The molecule has 0 amide bonds. The Labute approximate surface area is 162 Å². The van der Waals surface area contributed by atoms with Crippen LogP contribution in [0, 0.1) is 6.92 Å². The summed E-state index contributed by atoms with van der Waals surface area (Å²) < 4.78 is 7.91. The van der Waals surface area contributed by atoms with E-state index in [1.54, 1.807) is 0 Å². The molecular formula is C23H19N3O2. The van der Waals surface area contributed by atoms with E-state index in [9.17, 15) is 5.11 Å². The van der Waals surface area contributed by atoms with E-state index in [1.165, 1.54) is 5.56 Å². The number of aliphatic hydroxyl groups is 1. The number of nitrogens with zero attached hydrogens (tertiary/aromatic N) is 3. The summed E-state index contributed by atoms with van der Waals surface area (Å²) in [6.45, 7) is 2.60. The van der Waals surface area contributed by atoms with Crippen LogP contribution in [0.2, 0.25) is 0 Å². The van der Waals surface area contributed by atoms with Crippen molar-refractivity contribution in [2.45, 2.75) is 20.1 Å². The Bertz CT molecular complexity index is 1250. The van der Waals surface area contributed by atoms with Crippen molar-refractivity contribution in [1.29, 1.82) is 0 Å². The van der Waals surface area contributed by atoms with E-state index in [-0.39, 0.29) is 6.61 Å². The van der Waals surface area contributed by atoms with Gasteiger partial charge in [0.15, 0.2) is 5.58 Å². The quantitative estimate of drug-likeness (QED) is 0.501. The van der Waals surface area contributed by atoms with E-state index in [1.807, 2.05) is 72.4 Å². The molecule has 1 N–H and O–H groups in total. The molecule has 3 aromatic rings. The Morgan fingerprint density at radius 1 is 1.00 bits per heavy atom. The van der Waals surface area contributed by atoms with Crippen LogP contribution in [0.3, 0.4) is 0 Å². The van der Waals surface area contributed by atoms with Crippen LogP contribution in [0.5, 0.6) is 0 Å². The van der Waals surface area contributed by atoms with Gasteiger partial charge < -0.3 is 14.1 Å². The Kier molecular flexibility index (Phi) is 3.95. The van der Waals surface area contributed by atoms with Gasteiger partial charge in [-0.3, -0.25) is 0 Å². The van der Waals surface area contributed by atoms with Crippen molar-refractivity contribution in [3.8, 4) is 22.5 Å². The molecule has 28 heavy (non-hydrogen) atoms. The first-order valence-electron chi connectivity index (χ1n) is 9.21. The highest BCUT2D eigenvalue weighted by Crippen LogP contribution is 2.30. The molecule has 0 saturated heterocycles. The Morgan fingerprint density at radius 2 is 1.89 bits per heavy atom. The third-order valence-corrected chi connectivity index (χ3v) is 4.93. The Morgan fingerprint density at radius 3 is 2.79 bits per heavy atom. The van der Waals surface area contributed by atoms with Gasteiger partial charge in [0.05, 0.1) is 24.5 Å². The molecule has 0 aliphatic carbocycles. The molecule has 2 aromatic carbocycles. The molecule has 2 aliphatic rings. The van der Waals surface area contributed by atoms with Gasteiger partial charge in [-0.1, -0.05) is 30.3 Å². The van der Waals surface area contributed by atoms with Crippen molar-refractivity contribution in [3.05, 3.63) is 84.0 Å². The van der Waals surface area contributed by atoms with Crippen molar-refractivity contribution in [2.24, 2.45) is 0 Å². The van der Waals surface area contributed by atoms with Gasteiger partial charge in [-0.15, -0.1) is 0 Å². The summed E-state index contributed by atoms with van der Waals surface area (Å²) in [5.41, 5.74) is 7.52. The zero-order valence-electron chi connectivity index (χ0n) is 15.5. The minimum atomic E-state index is -0.00340. The standard InChI is InChI=1S/C23H19N3O2/c1-15-6-7-22-21(10-15)25-23(28-22)13-26-9-8-19-17(12-26)11-20(24-19)18-5-3-2-4-16(18)14-27/h2-12,27H,13-14H2,1H3. The normalized spacial score (nSPS) is 11.5. The molecule has 0 unspecified atom stereocenters. The molecule has 0 bridgehead atoms. The van der Waals surface area contributed by atoms with E-state index in [0.29, 0.717) is 12.4 Å². The third kappa shape index (κ3) is 2.96. The molecule has 1 aromatic heterocycles. The number of rotatable bonds is 4. The number of benzene rings is 2. The summed E-state index contributed by atoms with van der Waals surface area (Å²) in [6.07, 6.45) is 4.03. The van der Waals surface area contributed by atoms with Crippen LogP contribution in [0.1, 0.15) is 17.0 Å². The zero-order valence-corrected chi connectivity index (χ0v) is 15.5. The Balaban J connectivity index is 1.48. The fourth-order valence-electron chi connectivity index (χ4n) is 3.53. The van der Waals surface area contributed by atoms with E-state index in [2.05, 4.69) is 11.1 Å². The first-order valence-corrected chi connectivity index (χ1v) is 9.21. The average Bonchev–Trinajstić information content (AvgIpc) is 3.30. The monoisotopic (exact) mass is 369 g/mol. The third-order valence-electron chi connectivity index (χ3n) is 4.93. The molecule has 3 heterocycles. The SMILES string of the molecule is Cc1ccc2oc(Cn3ccc4nc(-c5ccccc5CO)cc-4c3)nc2c1. The molecule has 138 valence electrons. The van der Waals surface area contributed by atoms with Gasteiger partial charge in [-0.25, -0.2) is 9.97 Å². The van der Waals surface area contributed by atoms with Crippen LogP contribution >= 0.6 is 0 Å². The summed E-state index contributed by atoms with van der Waals surface area (Å²) >= 11 is 0. The fraction of sp³-hybridized carbons (Fsp3) is 0.130. The lowest BCUT2D eigenvalue weighted by Crippen LogP contribution is -2.00. The molecule has 0 radical (unpaired) electrons. The topological polar surface area (TPSA) is 64.1 Å². The highest BCUT2D eigenvalue weighted by Gasteiger charge is 2.14. The minimum Gasteiger partial charge on any atom is -0.439 e. The molecule has 0 atom stereocenters. The molecule has 0 spiro atoms. The van der Waals surface area contributed by atoms with Gasteiger partial charge in [-0.05, 0) is 42.3 Å². The van der Waals surface area contributed by atoms with Gasteiger partial charge in [0.1, 0.15) is 5.52 Å². The maximum atomic E-state index is 9.59. The predicted octanol–water partition coefficient (Wildman–Crippen LogP) is 4.65. The van der Waals surface area contributed by atoms with Gasteiger partial charge in [0.2, 0.25) is 5.89 Å². The van der Waals surface area contributed by atoms with Crippen LogP contribution in [-0.4, -0.2) is 19.6 Å². The van der Waals surface area contributed by atoms with Crippen LogP contribution in [0.25, 0.3) is 33.6 Å². The highest BCUT2D eigenvalue weighted by atomic mass is 16.3. The highest BCUT2D eigenvalue weighted by molar-refractivity contribution is 5.75. The lowest BCUT2D eigenvalue weighted by Gasteiger charge is -2.05. The average molecular weight is 369 g/mol. The van der Waals surface area contributed by atoms with Crippen LogP contribution in [-0.2, 0) is 13.2 Å². The second kappa shape index (κ2) is 6.62. The summed E-state index contributed by atoms with van der Waals surface area (Å²) in [6, 6.07) is 17.9. The van der Waals surface area contributed by atoms with E-state index in [4.69, 9.17) is 9.40 Å². The maximum Gasteiger partial charge on any atom is 0.215 e. The zero-order chi connectivity index (χ0) is 19.1. The van der Waals surface area contributed by atoms with Gasteiger partial charge in [0.25, 0.3) is 0 Å². The van der Waals surface area contributed by atoms with Gasteiger partial charge in [0, 0.05) is 23.5 Å². The van der Waals surface area contributed by atoms with E-state index >= 15 is 0 Å². The number of aliphatic hydroxyl groups excluding tert-OH is 1. The molecule has 2 aliphatic heterocycles. The van der Waals surface area contributed by atoms with Crippen LogP contribution in [0.4, 0.5) is 0 Å². The molecule has 0 saturated carbocycles. The fourth-order valence-corrected chi connectivity index (χ4v) is 3.53. The number of aromatic nitrogens is 3. The van der Waals surface area contributed by atoms with Crippen LogP contribution < -0.4 is 0 Å². The van der Waals surface area contributed by atoms with E-state index < -0.39 is 0 Å². The summed E-state index contributed by atoms with van der Waals surface area (Å²) in [5.74, 6) is 0.676. The number of hydrogen-bond donors (Lipinski definition) is 1. The van der Waals surface area contributed by atoms with Crippen molar-refractivity contribution in [1.82, 2.24) is 14.5 Å². The molecule has 5 nitrogen and oxygen atoms in total. The number of hydrogen-bond acceptors (Lipinski definition) is 4. The van der Waals surface area contributed by atoms with Crippen molar-refractivity contribution < 1.29 is 9.52 Å². The van der Waals surface area contributed by atoms with E-state index in [0.717, 1.165) is 39.2 Å². The first kappa shape index (κ1) is 16.7. The maximum absolute atomic E-state index is 9.59. The van der Waals surface area contributed by atoms with Crippen molar-refractivity contribution >= 4 is 11.1 Å². The number of oxazole rings is 1. The molecule has 5 rings (SSSR count). The summed E-state index contributed by atoms with van der Waals surface area (Å²) in [4.78, 5) is 9.31. The number of fused-ring (bicyclic) bond motifs is 2. The second-order valence-corrected chi connectivity index (χ2v) is 6.99. The number of pyridine rings is 1. The lowest BCUT2D eigenvalue weighted by molar-refractivity contribution is 0.282. The predicted molar refractivity (Wildman–Crippen MR) is 108 cm³/mol. The minimum absolute atomic E-state index is 0.00340. The van der Waals surface area contributed by atoms with Crippen molar-refractivity contribution in [3.63, 3.8) is 0 Å². The summed E-state index contributed by atoms with van der Waals surface area (Å²) in [7, 11) is 0. The largest absolute Gasteiger partial charge is 0.439 e. The lowest BCUT2D eigenvalue weighted by atomic mass is 10.1. The molecule has 0 fully saturated rings.